The molecule has 0 radical (unpaired) electrons. The lowest BCUT2D eigenvalue weighted by Gasteiger charge is -2.24. The van der Waals surface area contributed by atoms with Crippen LogP contribution in [0.25, 0.3) is 44.9 Å². The maximum Gasteiger partial charge on any atom is 0.180 e. The van der Waals surface area contributed by atoms with Crippen LogP contribution in [0.1, 0.15) is 27.8 Å². The Labute approximate surface area is 247 Å². The zero-order valence-electron chi connectivity index (χ0n) is 21.8. The average Bonchev–Trinajstić information content (AvgIpc) is 3.04. The number of para-hydroxylation sites is 1. The maximum absolute atomic E-state index is 14.7. The van der Waals surface area contributed by atoms with E-state index in [1.807, 2.05) is 24.3 Å². The molecule has 0 amide bonds. The normalized spacial score (nSPS) is 13.4. The van der Waals surface area contributed by atoms with Gasteiger partial charge in [0.1, 0.15) is 17.3 Å². The summed E-state index contributed by atoms with van der Waals surface area (Å²) in [5, 5.41) is 28.5. The Kier molecular flexibility index (Phi) is 6.85. The first-order chi connectivity index (χ1) is 20.8. The van der Waals surface area contributed by atoms with E-state index in [1.54, 1.807) is 30.3 Å². The van der Waals surface area contributed by atoms with Gasteiger partial charge in [-0.1, -0.05) is 60.7 Å². The van der Waals surface area contributed by atoms with Crippen LogP contribution in [0.5, 0.6) is 0 Å². The summed E-state index contributed by atoms with van der Waals surface area (Å²) in [4.78, 5) is 4.86. The minimum atomic E-state index is -1.78. The molecule has 5 aromatic rings. The Bertz CT molecular complexity index is 2140. The van der Waals surface area contributed by atoms with Crippen LogP contribution >= 0.6 is 12.8 Å². The summed E-state index contributed by atoms with van der Waals surface area (Å²) in [6, 6.07) is 23.0. The smallest absolute Gasteiger partial charge is 0.180 e. The fourth-order valence-corrected chi connectivity index (χ4v) is 5.43. The highest BCUT2D eigenvalue weighted by Crippen LogP contribution is 2.40. The first-order valence-electron chi connectivity index (χ1n) is 12.6. The van der Waals surface area contributed by atoms with Crippen molar-refractivity contribution in [1.82, 2.24) is 4.98 Å². The molecule has 0 saturated heterocycles. The van der Waals surface area contributed by atoms with Gasteiger partial charge in [0.25, 0.3) is 0 Å². The standard InChI is InChI=1S/C33H15F4N5S/c34-27-23(15-39)28(35)30(37)25(29(27)36)17-11-9-16(10-12-17)21-13-22-26(31(40)33(21)42-43)20-7-3-4-8-24(20)41-32(22)19-6-2-1-5-18(19)14-38/h1-13,40,43H. The SMILES string of the molecule is N#Cc1ccccc1-c1nc2ccccc2c2c1C=C(c1ccc(-c3c(F)c(F)c(C#N)c(F)c3F)cc1)C(=NS)C2=N. The lowest BCUT2D eigenvalue weighted by Crippen LogP contribution is -2.22. The van der Waals surface area contributed by atoms with Gasteiger partial charge in [-0.05, 0) is 42.2 Å². The molecule has 1 heterocycles. The third kappa shape index (κ3) is 4.28. The molecule has 0 atom stereocenters. The Morgan fingerprint density at radius 2 is 1.37 bits per heavy atom. The summed E-state index contributed by atoms with van der Waals surface area (Å²) in [6.45, 7) is 0. The molecule has 1 aliphatic rings. The van der Waals surface area contributed by atoms with Gasteiger partial charge in [-0.15, -0.1) is 0 Å². The number of benzene rings is 4. The minimum Gasteiger partial charge on any atom is -0.298 e. The van der Waals surface area contributed by atoms with Gasteiger partial charge >= 0.3 is 0 Å². The molecule has 1 aliphatic carbocycles. The highest BCUT2D eigenvalue weighted by Gasteiger charge is 2.30. The predicted molar refractivity (Wildman–Crippen MR) is 159 cm³/mol. The number of nitriles is 2. The van der Waals surface area contributed by atoms with Crippen molar-refractivity contribution < 1.29 is 17.6 Å². The molecule has 0 aliphatic heterocycles. The fraction of sp³-hybridized carbons (Fsp3) is 0. The Balaban J connectivity index is 1.58. The van der Waals surface area contributed by atoms with Gasteiger partial charge in [-0.3, -0.25) is 5.41 Å². The second-order valence-corrected chi connectivity index (χ2v) is 9.70. The summed E-state index contributed by atoms with van der Waals surface area (Å²) >= 11 is 4.13. The Morgan fingerprint density at radius 3 is 2.02 bits per heavy atom. The van der Waals surface area contributed by atoms with Crippen molar-refractivity contribution in [1.29, 1.82) is 15.9 Å². The van der Waals surface area contributed by atoms with Crippen molar-refractivity contribution in [3.63, 3.8) is 0 Å². The molecular weight excluding hydrogens is 574 g/mol. The number of pyridine rings is 1. The fourth-order valence-electron chi connectivity index (χ4n) is 5.22. The molecule has 0 saturated carbocycles. The van der Waals surface area contributed by atoms with Crippen molar-refractivity contribution in [3.05, 3.63) is 124 Å². The van der Waals surface area contributed by atoms with Crippen LogP contribution in [0, 0.1) is 51.3 Å². The maximum atomic E-state index is 14.7. The molecule has 1 N–H and O–H groups in total. The summed E-state index contributed by atoms with van der Waals surface area (Å²) in [6.07, 6.45) is 1.75. The number of allylic oxidation sites excluding steroid dienone is 1. The van der Waals surface area contributed by atoms with Crippen molar-refractivity contribution >= 4 is 46.8 Å². The molecule has 6 rings (SSSR count). The van der Waals surface area contributed by atoms with Crippen LogP contribution in [-0.4, -0.2) is 16.4 Å². The second-order valence-electron chi connectivity index (χ2n) is 9.50. The molecule has 1 aromatic heterocycles. The topological polar surface area (TPSA) is 96.7 Å². The molecule has 43 heavy (non-hydrogen) atoms. The lowest BCUT2D eigenvalue weighted by atomic mass is 9.81. The molecule has 5 nitrogen and oxygen atoms in total. The summed E-state index contributed by atoms with van der Waals surface area (Å²) in [5.74, 6) is -6.94. The van der Waals surface area contributed by atoms with Gasteiger partial charge in [-0.2, -0.15) is 10.5 Å². The summed E-state index contributed by atoms with van der Waals surface area (Å²) < 4.78 is 62.1. The molecule has 206 valence electrons. The van der Waals surface area contributed by atoms with Crippen molar-refractivity contribution in [2.75, 3.05) is 0 Å². The van der Waals surface area contributed by atoms with Crippen molar-refractivity contribution in [3.8, 4) is 34.5 Å². The predicted octanol–water partition coefficient (Wildman–Crippen LogP) is 8.08. The zero-order chi connectivity index (χ0) is 30.4. The number of nitrogens with zero attached hydrogens (tertiary/aromatic N) is 4. The lowest BCUT2D eigenvalue weighted by molar-refractivity contribution is 0.454. The van der Waals surface area contributed by atoms with Gasteiger partial charge in [-0.25, -0.2) is 26.9 Å². The van der Waals surface area contributed by atoms with Crippen LogP contribution < -0.4 is 0 Å². The third-order valence-electron chi connectivity index (χ3n) is 7.22. The monoisotopic (exact) mass is 589 g/mol. The van der Waals surface area contributed by atoms with E-state index in [0.717, 1.165) is 6.07 Å². The van der Waals surface area contributed by atoms with Crippen molar-refractivity contribution in [2.24, 2.45) is 4.40 Å². The Morgan fingerprint density at radius 1 is 0.744 bits per heavy atom. The quantitative estimate of drug-likeness (QED) is 0.127. The van der Waals surface area contributed by atoms with E-state index in [9.17, 15) is 22.8 Å². The molecular formula is C33H15F4N5S. The summed E-state index contributed by atoms with van der Waals surface area (Å²) in [5.41, 5.74) is 1.76. The van der Waals surface area contributed by atoms with Crippen LogP contribution in [0.3, 0.4) is 0 Å². The van der Waals surface area contributed by atoms with Gasteiger partial charge in [0, 0.05) is 27.6 Å². The van der Waals surface area contributed by atoms with E-state index in [-0.39, 0.29) is 17.0 Å². The minimum absolute atomic E-state index is 0.0363. The first kappa shape index (κ1) is 27.6. The van der Waals surface area contributed by atoms with Crippen LogP contribution in [0.2, 0.25) is 0 Å². The number of hydrogen-bond acceptors (Lipinski definition) is 6. The molecule has 0 bridgehead atoms. The van der Waals surface area contributed by atoms with E-state index in [1.165, 1.54) is 24.3 Å². The van der Waals surface area contributed by atoms with Gasteiger partial charge < -0.3 is 0 Å². The molecule has 4 aromatic carbocycles. The van der Waals surface area contributed by atoms with E-state index in [4.69, 9.17) is 15.7 Å². The average molecular weight is 590 g/mol. The number of fused-ring (bicyclic) bond motifs is 3. The van der Waals surface area contributed by atoms with Crippen LogP contribution in [0.4, 0.5) is 17.6 Å². The number of nitrogens with one attached hydrogen (secondary N) is 1. The number of rotatable bonds is 3. The number of aromatic nitrogens is 1. The summed E-state index contributed by atoms with van der Waals surface area (Å²) in [7, 11) is 0. The van der Waals surface area contributed by atoms with Crippen LogP contribution in [-0.2, 0) is 0 Å². The van der Waals surface area contributed by atoms with Gasteiger partial charge in [0.15, 0.2) is 23.3 Å². The molecule has 0 unspecified atom stereocenters. The van der Waals surface area contributed by atoms with E-state index in [2.05, 4.69) is 23.3 Å². The zero-order valence-corrected chi connectivity index (χ0v) is 22.6. The number of halogens is 4. The molecule has 10 heteroatoms. The van der Waals surface area contributed by atoms with Gasteiger partial charge in [0.2, 0.25) is 0 Å². The second kappa shape index (κ2) is 10.7. The molecule has 0 fully saturated rings. The third-order valence-corrected chi connectivity index (χ3v) is 7.42. The van der Waals surface area contributed by atoms with Crippen LogP contribution in [0.15, 0.2) is 77.2 Å². The highest BCUT2D eigenvalue weighted by atomic mass is 32.1. The highest BCUT2D eigenvalue weighted by molar-refractivity contribution is 7.79. The van der Waals surface area contributed by atoms with E-state index >= 15 is 0 Å². The van der Waals surface area contributed by atoms with Crippen molar-refractivity contribution in [2.45, 2.75) is 0 Å². The first-order valence-corrected chi connectivity index (χ1v) is 13.0. The molecule has 0 spiro atoms. The largest absolute Gasteiger partial charge is 0.298 e. The van der Waals surface area contributed by atoms with E-state index < -0.39 is 34.4 Å². The van der Waals surface area contributed by atoms with E-state index in [0.29, 0.717) is 50.0 Å². The van der Waals surface area contributed by atoms with Gasteiger partial charge in [0.05, 0.1) is 34.1 Å². The number of hydrogen-bond donors (Lipinski definition) is 2. The Hall–Kier alpha value is -5.58. The number of thiol groups is 1.